The van der Waals surface area contributed by atoms with Crippen molar-refractivity contribution in [2.75, 3.05) is 25.0 Å². The number of carbonyl (C=O) groups excluding carboxylic acids is 1. The minimum absolute atomic E-state index is 0.0641. The van der Waals surface area contributed by atoms with E-state index < -0.39 is 0 Å². The van der Waals surface area contributed by atoms with Crippen LogP contribution in [0.15, 0.2) is 36.8 Å². The molecule has 0 aliphatic carbocycles. The standard InChI is InChI=1S/C22H30N6O/c1-16(2)27-13-8-17(9-14-27)22(29)28-12-4-6-19(28)18-5-3-7-20(25-18)26-21-15-23-10-11-24-21/h3,5,7,10-11,15-17,19H,4,6,8-9,12-14H2,1-2H3,(H,24,25,26). The number of aromatic nitrogens is 3. The molecule has 1 amide bonds. The fourth-order valence-electron chi connectivity index (χ4n) is 4.44. The Balaban J connectivity index is 1.44. The predicted octanol–water partition coefficient (Wildman–Crippen LogP) is 3.40. The van der Waals surface area contributed by atoms with Crippen LogP contribution in [0.4, 0.5) is 11.6 Å². The van der Waals surface area contributed by atoms with Gasteiger partial charge < -0.3 is 15.1 Å². The van der Waals surface area contributed by atoms with Crippen LogP contribution in [0.25, 0.3) is 0 Å². The molecule has 2 aromatic rings. The van der Waals surface area contributed by atoms with E-state index in [-0.39, 0.29) is 12.0 Å². The first-order chi connectivity index (χ1) is 14.1. The van der Waals surface area contributed by atoms with Crippen LogP contribution in [0.5, 0.6) is 0 Å². The molecule has 0 saturated carbocycles. The van der Waals surface area contributed by atoms with Crippen molar-refractivity contribution in [3.05, 3.63) is 42.5 Å². The number of piperidine rings is 1. The van der Waals surface area contributed by atoms with Gasteiger partial charge in [-0.2, -0.15) is 0 Å². The molecule has 2 aliphatic rings. The van der Waals surface area contributed by atoms with Crippen LogP contribution < -0.4 is 5.32 Å². The first-order valence-corrected chi connectivity index (χ1v) is 10.7. The Labute approximate surface area is 172 Å². The van der Waals surface area contributed by atoms with Gasteiger partial charge in [-0.15, -0.1) is 0 Å². The van der Waals surface area contributed by atoms with Gasteiger partial charge in [0.1, 0.15) is 11.6 Å². The second-order valence-corrected chi connectivity index (χ2v) is 8.26. The fourth-order valence-corrected chi connectivity index (χ4v) is 4.44. The minimum Gasteiger partial charge on any atom is -0.334 e. The zero-order valence-electron chi connectivity index (χ0n) is 17.3. The Morgan fingerprint density at radius 1 is 1.10 bits per heavy atom. The minimum atomic E-state index is 0.0641. The topological polar surface area (TPSA) is 74.2 Å². The molecule has 7 heteroatoms. The van der Waals surface area contributed by atoms with Crippen molar-refractivity contribution in [1.82, 2.24) is 24.8 Å². The number of nitrogens with one attached hydrogen (secondary N) is 1. The molecule has 2 saturated heterocycles. The molecule has 0 aromatic carbocycles. The van der Waals surface area contributed by atoms with Crippen LogP contribution in [0, 0.1) is 5.92 Å². The van der Waals surface area contributed by atoms with E-state index >= 15 is 0 Å². The zero-order chi connectivity index (χ0) is 20.2. The lowest BCUT2D eigenvalue weighted by Gasteiger charge is -2.36. The van der Waals surface area contributed by atoms with Crippen LogP contribution in [-0.4, -0.2) is 56.3 Å². The smallest absolute Gasteiger partial charge is 0.226 e. The summed E-state index contributed by atoms with van der Waals surface area (Å²) in [4.78, 5) is 30.9. The highest BCUT2D eigenvalue weighted by Gasteiger charge is 2.36. The van der Waals surface area contributed by atoms with E-state index in [4.69, 9.17) is 4.98 Å². The Kier molecular flexibility index (Phi) is 6.04. The molecule has 29 heavy (non-hydrogen) atoms. The molecule has 0 bridgehead atoms. The number of likely N-dealkylation sites (tertiary alicyclic amines) is 2. The number of hydrogen-bond donors (Lipinski definition) is 1. The van der Waals surface area contributed by atoms with Gasteiger partial charge in [0.25, 0.3) is 0 Å². The van der Waals surface area contributed by atoms with Crippen LogP contribution in [0.2, 0.25) is 0 Å². The van der Waals surface area contributed by atoms with Crippen molar-refractivity contribution in [2.45, 2.75) is 51.6 Å². The Morgan fingerprint density at radius 2 is 1.93 bits per heavy atom. The molecule has 0 spiro atoms. The van der Waals surface area contributed by atoms with Gasteiger partial charge in [0.05, 0.1) is 17.9 Å². The van der Waals surface area contributed by atoms with Crippen LogP contribution in [0.3, 0.4) is 0 Å². The maximum Gasteiger partial charge on any atom is 0.226 e. The molecule has 2 aromatic heterocycles. The third-order valence-electron chi connectivity index (χ3n) is 6.08. The second-order valence-electron chi connectivity index (χ2n) is 8.26. The molecule has 7 nitrogen and oxygen atoms in total. The average Bonchev–Trinajstić information content (AvgIpc) is 3.24. The summed E-state index contributed by atoms with van der Waals surface area (Å²) in [5.74, 6) is 1.84. The summed E-state index contributed by atoms with van der Waals surface area (Å²) in [5.41, 5.74) is 0.948. The predicted molar refractivity (Wildman–Crippen MR) is 113 cm³/mol. The number of amides is 1. The van der Waals surface area contributed by atoms with Crippen molar-refractivity contribution in [3.63, 3.8) is 0 Å². The van der Waals surface area contributed by atoms with E-state index in [9.17, 15) is 4.79 Å². The second kappa shape index (κ2) is 8.86. The van der Waals surface area contributed by atoms with Crippen LogP contribution in [0.1, 0.15) is 51.3 Å². The van der Waals surface area contributed by atoms with Crippen molar-refractivity contribution >= 4 is 17.5 Å². The molecule has 1 unspecified atom stereocenters. The van der Waals surface area contributed by atoms with Gasteiger partial charge >= 0.3 is 0 Å². The van der Waals surface area contributed by atoms with Crippen molar-refractivity contribution in [1.29, 1.82) is 0 Å². The number of rotatable bonds is 5. The average molecular weight is 395 g/mol. The first kappa shape index (κ1) is 19.8. The lowest BCUT2D eigenvalue weighted by molar-refractivity contribution is -0.138. The number of hydrogen-bond acceptors (Lipinski definition) is 6. The highest BCUT2D eigenvalue weighted by Crippen LogP contribution is 2.34. The monoisotopic (exact) mass is 394 g/mol. The summed E-state index contributed by atoms with van der Waals surface area (Å²) in [6, 6.07) is 6.55. The van der Waals surface area contributed by atoms with Crippen LogP contribution in [-0.2, 0) is 4.79 Å². The summed E-state index contributed by atoms with van der Waals surface area (Å²) in [6.45, 7) is 7.32. The molecule has 2 fully saturated rings. The van der Waals surface area contributed by atoms with Gasteiger partial charge in [-0.3, -0.25) is 9.78 Å². The molecule has 1 atom stereocenters. The third kappa shape index (κ3) is 4.56. The Bertz CT molecular complexity index is 819. The van der Waals surface area contributed by atoms with Gasteiger partial charge in [0, 0.05) is 30.9 Å². The molecular formula is C22H30N6O. The zero-order valence-corrected chi connectivity index (χ0v) is 17.3. The van der Waals surface area contributed by atoms with Gasteiger partial charge in [-0.25, -0.2) is 9.97 Å². The lowest BCUT2D eigenvalue weighted by atomic mass is 9.94. The van der Waals surface area contributed by atoms with E-state index in [1.807, 2.05) is 18.2 Å². The van der Waals surface area contributed by atoms with Gasteiger partial charge in [-0.05, 0) is 64.8 Å². The largest absolute Gasteiger partial charge is 0.334 e. The molecule has 0 radical (unpaired) electrons. The number of pyridine rings is 1. The van der Waals surface area contributed by atoms with Crippen LogP contribution >= 0.6 is 0 Å². The quantitative estimate of drug-likeness (QED) is 0.838. The van der Waals surface area contributed by atoms with Crippen molar-refractivity contribution in [3.8, 4) is 0 Å². The molecule has 4 rings (SSSR count). The van der Waals surface area contributed by atoms with Gasteiger partial charge in [-0.1, -0.05) is 6.07 Å². The lowest BCUT2D eigenvalue weighted by Crippen LogP contribution is -2.44. The Hall–Kier alpha value is -2.54. The van der Waals surface area contributed by atoms with E-state index in [2.05, 4.69) is 38.9 Å². The number of carbonyl (C=O) groups is 1. The molecule has 1 N–H and O–H groups in total. The van der Waals surface area contributed by atoms with E-state index in [1.54, 1.807) is 18.6 Å². The fraction of sp³-hybridized carbons (Fsp3) is 0.545. The number of nitrogens with zero attached hydrogens (tertiary/aromatic N) is 5. The maximum atomic E-state index is 13.3. The van der Waals surface area contributed by atoms with Crippen molar-refractivity contribution in [2.24, 2.45) is 5.92 Å². The van der Waals surface area contributed by atoms with Gasteiger partial charge in [0.15, 0.2) is 0 Å². The molecule has 2 aliphatic heterocycles. The first-order valence-electron chi connectivity index (χ1n) is 10.7. The van der Waals surface area contributed by atoms with E-state index in [1.165, 1.54) is 0 Å². The summed E-state index contributed by atoms with van der Waals surface area (Å²) in [5, 5.41) is 3.20. The SMILES string of the molecule is CC(C)N1CCC(C(=O)N2CCCC2c2cccc(Nc3cnccn3)n2)CC1. The molecule has 4 heterocycles. The third-order valence-corrected chi connectivity index (χ3v) is 6.08. The normalized spacial score (nSPS) is 20.9. The van der Waals surface area contributed by atoms with E-state index in [0.717, 1.165) is 56.8 Å². The summed E-state index contributed by atoms with van der Waals surface area (Å²) in [6.07, 6.45) is 8.88. The maximum absolute atomic E-state index is 13.3. The Morgan fingerprint density at radius 3 is 2.66 bits per heavy atom. The summed E-state index contributed by atoms with van der Waals surface area (Å²) in [7, 11) is 0. The summed E-state index contributed by atoms with van der Waals surface area (Å²) < 4.78 is 0. The van der Waals surface area contributed by atoms with E-state index in [0.29, 0.717) is 17.8 Å². The molecule has 154 valence electrons. The van der Waals surface area contributed by atoms with Gasteiger partial charge in [0.2, 0.25) is 5.91 Å². The number of anilines is 2. The summed E-state index contributed by atoms with van der Waals surface area (Å²) >= 11 is 0. The van der Waals surface area contributed by atoms with Crippen molar-refractivity contribution < 1.29 is 4.79 Å². The highest BCUT2D eigenvalue weighted by molar-refractivity contribution is 5.79. The molecular weight excluding hydrogens is 364 g/mol. The highest BCUT2D eigenvalue weighted by atomic mass is 16.2.